The van der Waals surface area contributed by atoms with Crippen molar-refractivity contribution < 1.29 is 51.6 Å². The van der Waals surface area contributed by atoms with Gasteiger partial charge in [0.1, 0.15) is 5.75 Å². The number of benzene rings is 1. The van der Waals surface area contributed by atoms with Crippen LogP contribution in [-0.4, -0.2) is 11.0 Å². The van der Waals surface area contributed by atoms with Crippen molar-refractivity contribution in [2.24, 2.45) is 0 Å². The van der Waals surface area contributed by atoms with Gasteiger partial charge in [-0.2, -0.15) is 0 Å². The second kappa shape index (κ2) is 5.50. The summed E-state index contributed by atoms with van der Waals surface area (Å²) >= 11 is 0. The third-order valence-electron chi connectivity index (χ3n) is 1.19. The fraction of sp³-hybridized carbons (Fsp3) is 0.125. The second-order valence-electron chi connectivity index (χ2n) is 2.23. The predicted octanol–water partition coefficient (Wildman–Crippen LogP) is 1.35. The summed E-state index contributed by atoms with van der Waals surface area (Å²) in [4.78, 5) is 10.5. The third-order valence-corrected chi connectivity index (χ3v) is 1.19. The molecule has 1 aromatic carbocycles. The van der Waals surface area contributed by atoms with Crippen molar-refractivity contribution in [2.45, 2.75) is 6.92 Å². The summed E-state index contributed by atoms with van der Waals surface area (Å²) in [6.07, 6.45) is 0. The van der Waals surface area contributed by atoms with Gasteiger partial charge in [0.2, 0.25) is 5.91 Å². The molecule has 4 heteroatoms. The molecule has 62 valence electrons. The average molecular weight is 291 g/mol. The van der Waals surface area contributed by atoms with E-state index in [9.17, 15) is 4.79 Å². The van der Waals surface area contributed by atoms with E-state index < -0.39 is 0 Å². The van der Waals surface area contributed by atoms with Crippen LogP contribution in [0.3, 0.4) is 0 Å². The van der Waals surface area contributed by atoms with Gasteiger partial charge < -0.3 is 10.4 Å². The molecule has 0 heterocycles. The molecule has 0 fully saturated rings. The van der Waals surface area contributed by atoms with Crippen LogP contribution >= 0.6 is 0 Å². The number of phenols is 1. The van der Waals surface area contributed by atoms with Crippen molar-refractivity contribution in [3.8, 4) is 5.75 Å². The number of hydrogen-bond donors (Lipinski definition) is 2. The maximum Gasteiger partial charge on any atom is 0.221 e. The van der Waals surface area contributed by atoms with Gasteiger partial charge in [0.25, 0.3) is 0 Å². The van der Waals surface area contributed by atoms with E-state index in [4.69, 9.17) is 5.11 Å². The molecular weight excluding hydrogens is 282 g/mol. The maximum absolute atomic E-state index is 10.5. The fourth-order valence-corrected chi connectivity index (χ4v) is 0.748. The van der Waals surface area contributed by atoms with Crippen molar-refractivity contribution in [1.29, 1.82) is 0 Å². The first kappa shape index (κ1) is 11.9. The molecule has 0 unspecified atom stereocenters. The molecule has 3 nitrogen and oxygen atoms in total. The van der Waals surface area contributed by atoms with E-state index in [-0.39, 0.29) is 53.4 Å². The number of phenolic OH excluding ortho intramolecular Hbond substituents is 1. The predicted molar refractivity (Wildman–Crippen MR) is 42.4 cm³/mol. The van der Waals surface area contributed by atoms with Crippen LogP contribution in [0.25, 0.3) is 0 Å². The molecule has 0 saturated carbocycles. The average Bonchev–Trinajstić information content (AvgIpc) is 1.93. The molecule has 0 aliphatic carbocycles. The molecule has 0 spiro atoms. The Morgan fingerprint density at radius 2 is 1.83 bits per heavy atom. The smallest absolute Gasteiger partial charge is 0.221 e. The Morgan fingerprint density at radius 3 is 2.25 bits per heavy atom. The van der Waals surface area contributed by atoms with Gasteiger partial charge in [-0.3, -0.25) is 4.79 Å². The maximum atomic E-state index is 10.5. The van der Waals surface area contributed by atoms with Crippen molar-refractivity contribution in [3.05, 3.63) is 24.3 Å². The standard InChI is InChI=1S/C8H9NO2.Ce/c1-6(10)9-7-2-4-8(11)5-3-7;/h2-5,11H,1H3,(H,9,10);. The first-order valence-electron chi connectivity index (χ1n) is 3.25. The normalized spacial score (nSPS) is 8.42. The molecule has 2 N–H and O–H groups in total. The van der Waals surface area contributed by atoms with Gasteiger partial charge in [0.15, 0.2) is 0 Å². The largest absolute Gasteiger partial charge is 0.508 e. The zero-order valence-corrected chi connectivity index (χ0v) is 9.80. The van der Waals surface area contributed by atoms with Crippen LogP contribution in [0.15, 0.2) is 24.3 Å². The van der Waals surface area contributed by atoms with Crippen LogP contribution in [0.5, 0.6) is 5.75 Å². The number of anilines is 1. The number of carbonyl (C=O) groups excluding carboxylic acids is 1. The van der Waals surface area contributed by atoms with Crippen molar-refractivity contribution in [1.82, 2.24) is 0 Å². The summed E-state index contributed by atoms with van der Waals surface area (Å²) in [6, 6.07) is 6.31. The molecule has 1 rings (SSSR count). The zero-order chi connectivity index (χ0) is 8.27. The molecular formula is C8H9CeNO2. The van der Waals surface area contributed by atoms with Gasteiger partial charge in [-0.25, -0.2) is 0 Å². The molecule has 1 amide bonds. The molecule has 0 atom stereocenters. The van der Waals surface area contributed by atoms with Gasteiger partial charge in [0.05, 0.1) is 0 Å². The van der Waals surface area contributed by atoms with Crippen LogP contribution in [0.2, 0.25) is 0 Å². The third kappa shape index (κ3) is 4.03. The number of hydrogen-bond acceptors (Lipinski definition) is 2. The topological polar surface area (TPSA) is 49.3 Å². The van der Waals surface area contributed by atoms with Crippen LogP contribution in [0.1, 0.15) is 6.92 Å². The molecule has 0 radical (unpaired) electrons. The quantitative estimate of drug-likeness (QED) is 0.767. The van der Waals surface area contributed by atoms with Crippen LogP contribution < -0.4 is 5.32 Å². The first-order valence-corrected chi connectivity index (χ1v) is 3.25. The summed E-state index contributed by atoms with van der Waals surface area (Å²) in [7, 11) is 0. The Labute approximate surface area is 105 Å². The second-order valence-corrected chi connectivity index (χ2v) is 2.23. The summed E-state index contributed by atoms with van der Waals surface area (Å²) in [5.74, 6) is 0.0785. The Balaban J connectivity index is 0.00000121. The van der Waals surface area contributed by atoms with Gasteiger partial charge >= 0.3 is 0 Å². The van der Waals surface area contributed by atoms with Crippen molar-refractivity contribution >= 4 is 11.6 Å². The Morgan fingerprint density at radius 1 is 1.33 bits per heavy atom. The summed E-state index contributed by atoms with van der Waals surface area (Å²) < 4.78 is 0. The number of amides is 1. The zero-order valence-electron chi connectivity index (χ0n) is 6.66. The minimum atomic E-state index is -0.115. The minimum absolute atomic E-state index is 0. The molecule has 1 aromatic rings. The van der Waals surface area contributed by atoms with E-state index >= 15 is 0 Å². The molecule has 12 heavy (non-hydrogen) atoms. The molecule has 0 aliphatic rings. The number of rotatable bonds is 1. The van der Waals surface area contributed by atoms with Gasteiger partial charge in [-0.05, 0) is 24.3 Å². The van der Waals surface area contributed by atoms with Gasteiger partial charge in [0, 0.05) is 54.4 Å². The number of nitrogens with one attached hydrogen (secondary N) is 1. The van der Waals surface area contributed by atoms with Gasteiger partial charge in [-0.1, -0.05) is 0 Å². The Hall–Kier alpha value is -0.133. The molecule has 0 saturated heterocycles. The van der Waals surface area contributed by atoms with Crippen LogP contribution in [-0.2, 0) is 4.79 Å². The van der Waals surface area contributed by atoms with E-state index in [0.29, 0.717) is 5.69 Å². The molecule has 0 aromatic heterocycles. The summed E-state index contributed by atoms with van der Waals surface area (Å²) in [5.41, 5.74) is 0.690. The fourth-order valence-electron chi connectivity index (χ4n) is 0.748. The van der Waals surface area contributed by atoms with Crippen molar-refractivity contribution in [3.63, 3.8) is 0 Å². The summed E-state index contributed by atoms with van der Waals surface area (Å²) in [6.45, 7) is 1.44. The van der Waals surface area contributed by atoms with E-state index in [1.165, 1.54) is 19.1 Å². The monoisotopic (exact) mass is 291 g/mol. The van der Waals surface area contributed by atoms with E-state index in [2.05, 4.69) is 5.32 Å². The number of carbonyl (C=O) groups is 1. The van der Waals surface area contributed by atoms with E-state index in [1.807, 2.05) is 0 Å². The minimum Gasteiger partial charge on any atom is -0.508 e. The van der Waals surface area contributed by atoms with E-state index in [0.717, 1.165) is 0 Å². The van der Waals surface area contributed by atoms with Crippen LogP contribution in [0.4, 0.5) is 5.69 Å². The molecule has 0 aliphatic heterocycles. The molecule has 0 bridgehead atoms. The number of aromatic hydroxyl groups is 1. The Kier molecular flexibility index (Phi) is 5.44. The van der Waals surface area contributed by atoms with E-state index in [1.54, 1.807) is 12.1 Å². The summed E-state index contributed by atoms with van der Waals surface area (Å²) in [5, 5.41) is 11.5. The first-order chi connectivity index (χ1) is 5.18. The van der Waals surface area contributed by atoms with Crippen molar-refractivity contribution in [2.75, 3.05) is 5.32 Å². The van der Waals surface area contributed by atoms with Gasteiger partial charge in [-0.15, -0.1) is 0 Å². The SMILES string of the molecule is CC(=O)Nc1ccc(O)cc1.[Ce]. The Bertz CT molecular complexity index is 258. The van der Waals surface area contributed by atoms with Crippen LogP contribution in [0, 0.1) is 41.7 Å².